The molecule has 1 aromatic rings. The van der Waals surface area contributed by atoms with Crippen molar-refractivity contribution < 1.29 is 10.6 Å². The van der Waals surface area contributed by atoms with E-state index < -0.39 is 30.2 Å². The Balaban J connectivity index is 3.46. The summed E-state index contributed by atoms with van der Waals surface area (Å²) in [5.74, 6) is -0.657. The van der Waals surface area contributed by atoms with E-state index in [4.69, 9.17) is 10.6 Å². The van der Waals surface area contributed by atoms with Gasteiger partial charge in [0.05, 0.1) is 5.48 Å². The number of nitrogens with zero attached hydrogens (tertiary/aromatic N) is 1. The quantitative estimate of drug-likeness (QED) is 0.521. The number of pyridine rings is 1. The van der Waals surface area contributed by atoms with Crippen LogP contribution in [0.15, 0.2) is 24.4 Å². The minimum absolute atomic E-state index is 0.483. The number of hydrogen-bond acceptors (Lipinski definition) is 2. The smallest absolute Gasteiger partial charge is 0.118 e. The molecule has 0 atom stereocenters. The molecule has 0 fully saturated rings. The highest BCUT2D eigenvalue weighted by Gasteiger charge is 1.75. The van der Waals surface area contributed by atoms with E-state index in [1.54, 1.807) is 0 Å². The average Bonchev–Trinajstić information content (AvgIpc) is 1.97. The fraction of sp³-hybridized carbons (Fsp3) is 0. The van der Waals surface area contributed by atoms with Crippen molar-refractivity contribution in [2.75, 3.05) is 0 Å². The van der Waals surface area contributed by atoms with Crippen LogP contribution < -0.4 is 0 Å². The van der Waals surface area contributed by atoms with Crippen molar-refractivity contribution in [1.82, 2.24) is 4.98 Å². The summed E-state index contributed by atoms with van der Waals surface area (Å²) in [7, 11) is 0. The van der Waals surface area contributed by atoms with Crippen LogP contribution in [-0.2, 0) is 0 Å². The molecule has 0 amide bonds. The van der Waals surface area contributed by atoms with Crippen molar-refractivity contribution in [2.24, 2.45) is 0 Å². The normalized spacial score (nSPS) is 16.6. The van der Waals surface area contributed by atoms with Gasteiger partial charge >= 0.3 is 0 Å². The Labute approximate surface area is 47.1 Å². The van der Waals surface area contributed by atoms with Crippen molar-refractivity contribution in [3.05, 3.63) is 24.4 Å². The number of rotatable bonds is 0. The first kappa shape index (κ1) is 1.47. The summed E-state index contributed by atoms with van der Waals surface area (Å²) in [6.45, 7) is 0. The van der Waals surface area contributed by atoms with Gasteiger partial charge in [-0.3, -0.25) is 4.98 Å². The molecule has 0 saturated carbocycles. The molecule has 1 N–H and O–H groups in total. The van der Waals surface area contributed by atoms with Crippen LogP contribution in [0, 0.1) is 0 Å². The van der Waals surface area contributed by atoms with Crippen molar-refractivity contribution in [1.29, 1.82) is 0 Å². The van der Waals surface area contributed by atoms with Crippen molar-refractivity contribution in [2.45, 2.75) is 0 Å². The van der Waals surface area contributed by atoms with Crippen molar-refractivity contribution >= 4 is 0 Å². The second kappa shape index (κ2) is 1.60. The van der Waals surface area contributed by atoms with Crippen LogP contribution in [0.3, 0.4) is 0 Å². The maximum Gasteiger partial charge on any atom is 0.118 e. The second-order valence-electron chi connectivity index (χ2n) is 0.934. The third kappa shape index (κ3) is 0.892. The van der Waals surface area contributed by atoms with Crippen LogP contribution >= 0.6 is 0 Å². The van der Waals surface area contributed by atoms with Gasteiger partial charge < -0.3 is 5.11 Å². The lowest BCUT2D eigenvalue weighted by Gasteiger charge is -1.82. The maximum absolute atomic E-state index is 8.91. The lowest BCUT2D eigenvalue weighted by atomic mass is 10.5. The molecule has 2 nitrogen and oxygen atoms in total. The Morgan fingerprint density at radius 3 is 2.71 bits per heavy atom. The molecule has 0 aliphatic carbocycles. The fourth-order valence-electron chi connectivity index (χ4n) is 0.221. The monoisotopic (exact) mass is 99.1 g/mol. The summed E-state index contributed by atoms with van der Waals surface area (Å²) in [5, 5.41) is 8.91. The first-order chi connectivity index (χ1) is 5.04. The summed E-state index contributed by atoms with van der Waals surface area (Å²) < 4.78 is 27.8. The fourth-order valence-corrected chi connectivity index (χ4v) is 0.221. The largest absolute Gasteiger partial charge is 0.508 e. The van der Waals surface area contributed by atoms with Gasteiger partial charge in [0, 0.05) is 12.3 Å². The Morgan fingerprint density at radius 1 is 1.57 bits per heavy atom. The molecule has 7 heavy (non-hydrogen) atoms. The maximum atomic E-state index is 8.91. The van der Waals surface area contributed by atoms with E-state index in [0.29, 0.717) is 0 Å². The molecule has 0 aliphatic rings. The molecule has 0 aromatic carbocycles. The molecule has 0 saturated heterocycles. The number of aromatic nitrogens is 1. The zero-order valence-electron chi connectivity index (χ0n) is 7.39. The Morgan fingerprint density at radius 2 is 2.14 bits per heavy atom. The summed E-state index contributed by atoms with van der Waals surface area (Å²) >= 11 is 0. The van der Waals surface area contributed by atoms with Gasteiger partial charge in [0.2, 0.25) is 0 Å². The van der Waals surface area contributed by atoms with Crippen LogP contribution in [0.1, 0.15) is 5.48 Å². The van der Waals surface area contributed by atoms with Gasteiger partial charge in [-0.2, -0.15) is 0 Å². The highest BCUT2D eigenvalue weighted by molar-refractivity contribution is 5.13. The molecule has 1 aromatic heterocycles. The van der Waals surface area contributed by atoms with Crippen molar-refractivity contribution in [3.63, 3.8) is 0 Å². The first-order valence-corrected chi connectivity index (χ1v) is 1.67. The van der Waals surface area contributed by atoms with Gasteiger partial charge in [-0.15, -0.1) is 0 Å². The first-order valence-electron chi connectivity index (χ1n) is 3.67. The number of hydrogen-bond donors (Lipinski definition) is 1. The summed E-state index contributed by atoms with van der Waals surface area (Å²) in [4.78, 5) is 3.23. The average molecular weight is 99.1 g/mol. The minimum atomic E-state index is -0.657. The van der Waals surface area contributed by atoms with E-state index >= 15 is 0 Å². The lowest BCUT2D eigenvalue weighted by Crippen LogP contribution is -1.63. The highest BCUT2D eigenvalue weighted by Crippen LogP contribution is 2.00. The molecule has 1 rings (SSSR count). The van der Waals surface area contributed by atoms with Crippen LogP contribution in [0.5, 0.6) is 5.75 Å². The second-order valence-corrected chi connectivity index (χ2v) is 0.934. The zero-order valence-corrected chi connectivity index (χ0v) is 3.39. The molecule has 36 valence electrons. The molecule has 0 bridgehead atoms. The molecule has 1 heterocycles. The lowest BCUT2D eigenvalue weighted by molar-refractivity contribution is 0.474. The third-order valence-electron chi connectivity index (χ3n) is 0.460. The van der Waals surface area contributed by atoms with Gasteiger partial charge in [0.15, 0.2) is 0 Å². The van der Waals surface area contributed by atoms with Crippen LogP contribution in [-0.4, -0.2) is 10.1 Å². The van der Waals surface area contributed by atoms with E-state index in [1.165, 1.54) is 0 Å². The van der Waals surface area contributed by atoms with Gasteiger partial charge in [0.1, 0.15) is 5.75 Å². The topological polar surface area (TPSA) is 33.1 Å². The Kier molecular flexibility index (Phi) is 0.336. The van der Waals surface area contributed by atoms with Gasteiger partial charge in [-0.05, 0) is 12.1 Å². The van der Waals surface area contributed by atoms with E-state index in [-0.39, 0.29) is 0 Å². The summed E-state index contributed by atoms with van der Waals surface area (Å²) in [6, 6.07) is -1.02. The van der Waals surface area contributed by atoms with E-state index in [1.807, 2.05) is 0 Å². The van der Waals surface area contributed by atoms with Crippen molar-refractivity contribution in [3.8, 4) is 5.75 Å². The molecule has 0 unspecified atom stereocenters. The molecular formula is C5H5NO. The number of aromatic hydroxyl groups is 1. The SMILES string of the molecule is [2H]c1nc([2H])c([2H])c(O)c1[2H]. The molecule has 2 heteroatoms. The van der Waals surface area contributed by atoms with Gasteiger partial charge in [-0.25, -0.2) is 0 Å². The standard InChI is InChI=1S/C5H5NO/c7-5-1-3-6-4-2-5/h1-4H,(H,6,7)/i1D,2D,3D,4D. The van der Waals surface area contributed by atoms with Gasteiger partial charge in [-0.1, -0.05) is 0 Å². The van der Waals surface area contributed by atoms with E-state index in [2.05, 4.69) is 4.98 Å². The summed E-state index contributed by atoms with van der Waals surface area (Å²) in [6.07, 6.45) is -0.966. The van der Waals surface area contributed by atoms with E-state index in [9.17, 15) is 0 Å². The van der Waals surface area contributed by atoms with Crippen LogP contribution in [0.4, 0.5) is 0 Å². The Bertz CT molecular complexity index is 275. The van der Waals surface area contributed by atoms with Crippen LogP contribution in [0.25, 0.3) is 0 Å². The predicted octanol–water partition coefficient (Wildman–Crippen LogP) is 0.787. The Hall–Kier alpha value is -1.05. The molecule has 0 spiro atoms. The highest BCUT2D eigenvalue weighted by atomic mass is 16.3. The zero-order chi connectivity index (χ0) is 8.59. The van der Waals surface area contributed by atoms with Crippen LogP contribution in [0.2, 0.25) is 0 Å². The van der Waals surface area contributed by atoms with Gasteiger partial charge in [0.25, 0.3) is 0 Å². The van der Waals surface area contributed by atoms with E-state index in [0.717, 1.165) is 0 Å². The predicted molar refractivity (Wildman–Crippen MR) is 25.9 cm³/mol. The molecule has 0 aliphatic heterocycles. The molecular weight excluding hydrogens is 90.1 g/mol. The minimum Gasteiger partial charge on any atom is -0.508 e. The summed E-state index contributed by atoms with van der Waals surface area (Å²) in [5.41, 5.74) is 0. The third-order valence-corrected chi connectivity index (χ3v) is 0.460. The molecule has 0 radical (unpaired) electrons.